The quantitative estimate of drug-likeness (QED) is 0.806. The minimum absolute atomic E-state index is 0.143. The molecule has 1 aliphatic rings. The summed E-state index contributed by atoms with van der Waals surface area (Å²) in [6, 6.07) is 17.0. The van der Waals surface area contributed by atoms with Crippen LogP contribution in [0.3, 0.4) is 0 Å². The van der Waals surface area contributed by atoms with E-state index in [2.05, 4.69) is 5.32 Å². The van der Waals surface area contributed by atoms with Crippen molar-refractivity contribution in [1.82, 2.24) is 5.32 Å². The fourth-order valence-electron chi connectivity index (χ4n) is 4.06. The molecular weight excluding hydrogens is 342 g/mol. The van der Waals surface area contributed by atoms with E-state index in [9.17, 15) is 14.7 Å². The first kappa shape index (κ1) is 19.0. The van der Waals surface area contributed by atoms with E-state index < -0.39 is 23.5 Å². The Kier molecular flexibility index (Phi) is 5.49. The van der Waals surface area contributed by atoms with Gasteiger partial charge in [-0.1, -0.05) is 68.4 Å². The number of fused-ring (bicyclic) bond motifs is 1. The second-order valence-electron chi connectivity index (χ2n) is 7.51. The third kappa shape index (κ3) is 3.97. The molecule has 5 heteroatoms. The summed E-state index contributed by atoms with van der Waals surface area (Å²) in [6.45, 7) is 4.20. The smallest absolute Gasteiger partial charge is 0.408 e. The molecule has 27 heavy (non-hydrogen) atoms. The molecule has 0 unspecified atom stereocenters. The molecule has 0 radical (unpaired) electrons. The summed E-state index contributed by atoms with van der Waals surface area (Å²) >= 11 is 0. The predicted molar refractivity (Wildman–Crippen MR) is 102 cm³/mol. The number of carbonyl (C=O) groups is 2. The van der Waals surface area contributed by atoms with Crippen molar-refractivity contribution >= 4 is 12.1 Å². The SMILES string of the molecule is CC(C)C[C@]1(NC(=O)OCc2ccccc2)c2ccccc2C[C@H]1C(=O)O. The maximum atomic E-state index is 12.6. The Hall–Kier alpha value is -2.82. The van der Waals surface area contributed by atoms with Crippen LogP contribution in [0.2, 0.25) is 0 Å². The number of rotatable bonds is 6. The van der Waals surface area contributed by atoms with Crippen molar-refractivity contribution in [3.05, 3.63) is 71.3 Å². The lowest BCUT2D eigenvalue weighted by Crippen LogP contribution is -2.52. The van der Waals surface area contributed by atoms with Crippen molar-refractivity contribution in [1.29, 1.82) is 0 Å². The molecule has 0 aromatic heterocycles. The summed E-state index contributed by atoms with van der Waals surface area (Å²) in [6.07, 6.45) is 0.334. The van der Waals surface area contributed by atoms with Gasteiger partial charge in [0.25, 0.3) is 0 Å². The lowest BCUT2D eigenvalue weighted by atomic mass is 9.77. The number of carboxylic acids is 1. The highest BCUT2D eigenvalue weighted by molar-refractivity contribution is 5.78. The van der Waals surface area contributed by atoms with Gasteiger partial charge in [0.05, 0.1) is 11.5 Å². The van der Waals surface area contributed by atoms with Crippen molar-refractivity contribution in [2.24, 2.45) is 11.8 Å². The molecule has 1 amide bonds. The summed E-state index contributed by atoms with van der Waals surface area (Å²) in [4.78, 5) is 24.6. The van der Waals surface area contributed by atoms with Gasteiger partial charge in [0.2, 0.25) is 0 Å². The van der Waals surface area contributed by atoms with Gasteiger partial charge in [0, 0.05) is 0 Å². The molecule has 0 aliphatic heterocycles. The molecule has 0 spiro atoms. The van der Waals surface area contributed by atoms with Crippen LogP contribution in [0.1, 0.15) is 37.0 Å². The number of hydrogen-bond acceptors (Lipinski definition) is 3. The normalized spacial score (nSPS) is 20.9. The molecule has 2 aromatic rings. The van der Waals surface area contributed by atoms with Crippen molar-refractivity contribution in [3.63, 3.8) is 0 Å². The number of alkyl carbamates (subject to hydrolysis) is 1. The molecule has 3 rings (SSSR count). The Morgan fingerprint density at radius 2 is 1.81 bits per heavy atom. The standard InChI is InChI=1S/C22H25NO4/c1-15(2)13-22(23-21(26)27-14-16-8-4-3-5-9-16)18-11-7-6-10-17(18)12-19(22)20(24)25/h3-11,15,19H,12-14H2,1-2H3,(H,23,26)(H,24,25)/t19-,22-/m0/s1. The first-order chi connectivity index (χ1) is 12.9. The van der Waals surface area contributed by atoms with Gasteiger partial charge in [-0.3, -0.25) is 4.79 Å². The Balaban J connectivity index is 1.87. The largest absolute Gasteiger partial charge is 0.481 e. The number of nitrogens with one attached hydrogen (secondary N) is 1. The van der Waals surface area contributed by atoms with Gasteiger partial charge in [-0.2, -0.15) is 0 Å². The molecule has 0 heterocycles. The lowest BCUT2D eigenvalue weighted by Gasteiger charge is -2.36. The molecule has 0 saturated carbocycles. The fraction of sp³-hybridized carbons (Fsp3) is 0.364. The number of carbonyl (C=O) groups excluding carboxylic acids is 1. The van der Waals surface area contributed by atoms with Crippen molar-refractivity contribution in [2.75, 3.05) is 0 Å². The van der Waals surface area contributed by atoms with E-state index in [4.69, 9.17) is 4.74 Å². The van der Waals surface area contributed by atoms with Crippen LogP contribution in [0, 0.1) is 11.8 Å². The summed E-state index contributed by atoms with van der Waals surface area (Å²) in [5, 5.41) is 12.8. The minimum atomic E-state index is -0.968. The van der Waals surface area contributed by atoms with Gasteiger partial charge in [-0.05, 0) is 35.4 Å². The van der Waals surface area contributed by atoms with E-state index in [1.807, 2.05) is 68.4 Å². The topological polar surface area (TPSA) is 75.6 Å². The number of carboxylic acid groups (broad SMARTS) is 1. The van der Waals surface area contributed by atoms with Crippen molar-refractivity contribution in [2.45, 2.75) is 38.8 Å². The van der Waals surface area contributed by atoms with Crippen LogP contribution in [-0.2, 0) is 28.1 Å². The molecule has 2 N–H and O–H groups in total. The van der Waals surface area contributed by atoms with E-state index in [1.165, 1.54) is 0 Å². The predicted octanol–water partition coefficient (Wildman–Crippen LogP) is 4.11. The zero-order valence-electron chi connectivity index (χ0n) is 15.6. The highest BCUT2D eigenvalue weighted by Crippen LogP contribution is 2.45. The molecule has 142 valence electrons. The van der Waals surface area contributed by atoms with E-state index in [1.54, 1.807) is 0 Å². The second-order valence-corrected chi connectivity index (χ2v) is 7.51. The van der Waals surface area contributed by atoms with Crippen molar-refractivity contribution in [3.8, 4) is 0 Å². The van der Waals surface area contributed by atoms with Gasteiger partial charge in [0.1, 0.15) is 6.61 Å². The molecule has 2 aromatic carbocycles. The van der Waals surface area contributed by atoms with Crippen LogP contribution in [-0.4, -0.2) is 17.2 Å². The minimum Gasteiger partial charge on any atom is -0.481 e. The molecule has 2 atom stereocenters. The number of benzene rings is 2. The lowest BCUT2D eigenvalue weighted by molar-refractivity contribution is -0.144. The monoisotopic (exact) mass is 367 g/mol. The van der Waals surface area contributed by atoms with E-state index in [-0.39, 0.29) is 12.5 Å². The second kappa shape index (κ2) is 7.82. The third-order valence-electron chi connectivity index (χ3n) is 5.08. The molecule has 5 nitrogen and oxygen atoms in total. The van der Waals surface area contributed by atoms with E-state index in [0.717, 1.165) is 16.7 Å². The molecule has 0 saturated heterocycles. The average molecular weight is 367 g/mol. The fourth-order valence-corrected chi connectivity index (χ4v) is 4.06. The highest BCUT2D eigenvalue weighted by Gasteiger charge is 2.51. The number of amides is 1. The van der Waals surface area contributed by atoms with Crippen LogP contribution in [0.5, 0.6) is 0 Å². The van der Waals surface area contributed by atoms with Gasteiger partial charge >= 0.3 is 12.1 Å². The van der Waals surface area contributed by atoms with E-state index in [0.29, 0.717) is 12.8 Å². The number of aliphatic carboxylic acids is 1. The van der Waals surface area contributed by atoms with Gasteiger partial charge in [-0.25, -0.2) is 4.79 Å². The summed E-state index contributed by atoms with van der Waals surface area (Å²) in [5.74, 6) is -1.43. The Labute approximate surface area is 159 Å². The average Bonchev–Trinajstić information content (AvgIpc) is 2.95. The first-order valence-corrected chi connectivity index (χ1v) is 9.22. The molecule has 0 fully saturated rings. The van der Waals surface area contributed by atoms with Gasteiger partial charge in [-0.15, -0.1) is 0 Å². The van der Waals surface area contributed by atoms with Crippen LogP contribution in [0.15, 0.2) is 54.6 Å². The van der Waals surface area contributed by atoms with E-state index >= 15 is 0 Å². The Morgan fingerprint density at radius 3 is 2.48 bits per heavy atom. The van der Waals surface area contributed by atoms with Gasteiger partial charge < -0.3 is 15.2 Å². The third-order valence-corrected chi connectivity index (χ3v) is 5.08. The number of hydrogen-bond donors (Lipinski definition) is 2. The van der Waals surface area contributed by atoms with Crippen molar-refractivity contribution < 1.29 is 19.4 Å². The zero-order chi connectivity index (χ0) is 19.4. The summed E-state index contributed by atoms with van der Waals surface area (Å²) in [5.41, 5.74) is 1.76. The first-order valence-electron chi connectivity index (χ1n) is 9.22. The summed E-state index contributed by atoms with van der Waals surface area (Å²) in [7, 11) is 0. The van der Waals surface area contributed by atoms with Crippen LogP contribution >= 0.6 is 0 Å². The maximum absolute atomic E-state index is 12.6. The van der Waals surface area contributed by atoms with Crippen LogP contribution < -0.4 is 5.32 Å². The Morgan fingerprint density at radius 1 is 1.15 bits per heavy atom. The molecule has 0 bridgehead atoms. The van der Waals surface area contributed by atoms with Crippen LogP contribution in [0.4, 0.5) is 4.79 Å². The Bertz CT molecular complexity index is 818. The molecular formula is C22H25NO4. The maximum Gasteiger partial charge on any atom is 0.408 e. The van der Waals surface area contributed by atoms with Gasteiger partial charge in [0.15, 0.2) is 0 Å². The number of ether oxygens (including phenoxy) is 1. The zero-order valence-corrected chi connectivity index (χ0v) is 15.6. The highest BCUT2D eigenvalue weighted by atomic mass is 16.5. The summed E-state index contributed by atoms with van der Waals surface area (Å²) < 4.78 is 5.40. The molecule has 1 aliphatic carbocycles. The van der Waals surface area contributed by atoms with Crippen LogP contribution in [0.25, 0.3) is 0 Å².